The molecule has 1 N–H and O–H groups in total. The normalized spacial score (nSPS) is 14.5. The van der Waals surface area contributed by atoms with Crippen LogP contribution in [-0.4, -0.2) is 33.9 Å². The lowest BCUT2D eigenvalue weighted by Gasteiger charge is -2.25. The van der Waals surface area contributed by atoms with Gasteiger partial charge in [0.2, 0.25) is 5.91 Å². The number of aryl methyl sites for hydroxylation is 1. The molecule has 1 aromatic heterocycles. The lowest BCUT2D eigenvalue weighted by molar-refractivity contribution is -0.122. The highest BCUT2D eigenvalue weighted by Crippen LogP contribution is 2.34. The summed E-state index contributed by atoms with van der Waals surface area (Å²) in [5, 5.41) is 7.11. The van der Waals surface area contributed by atoms with Gasteiger partial charge in [0.15, 0.2) is 11.5 Å². The van der Waals surface area contributed by atoms with E-state index < -0.39 is 0 Å². The van der Waals surface area contributed by atoms with Crippen molar-refractivity contribution in [1.29, 1.82) is 0 Å². The molecule has 0 aliphatic carbocycles. The fraction of sp³-hybridized carbons (Fsp3) is 0.471. The van der Waals surface area contributed by atoms with Gasteiger partial charge in [0.05, 0.1) is 12.6 Å². The van der Waals surface area contributed by atoms with Gasteiger partial charge in [-0.15, -0.1) is 0 Å². The second-order valence-electron chi connectivity index (χ2n) is 6.10. The molecule has 1 aliphatic rings. The van der Waals surface area contributed by atoms with E-state index in [1.807, 2.05) is 18.2 Å². The third kappa shape index (κ3) is 3.84. The minimum absolute atomic E-state index is 0.0147. The Morgan fingerprint density at radius 2 is 2.08 bits per heavy atom. The standard InChI is InChI=1S/C17H22N4O3/c1-12(2)17(20-16(22)5-6-21-11-18-10-19-21)13-3-4-14-15(9-13)24-8-7-23-14/h3-4,9-12,17H,5-8H2,1-2H3,(H,20,22)/t17-/m1/s1. The molecule has 0 radical (unpaired) electrons. The number of aromatic nitrogens is 3. The van der Waals surface area contributed by atoms with E-state index in [2.05, 4.69) is 29.2 Å². The van der Waals surface area contributed by atoms with Gasteiger partial charge < -0.3 is 14.8 Å². The highest BCUT2D eigenvalue weighted by molar-refractivity contribution is 5.76. The zero-order chi connectivity index (χ0) is 16.9. The monoisotopic (exact) mass is 330 g/mol. The van der Waals surface area contributed by atoms with E-state index in [-0.39, 0.29) is 17.9 Å². The van der Waals surface area contributed by atoms with Gasteiger partial charge in [0, 0.05) is 6.42 Å². The van der Waals surface area contributed by atoms with E-state index in [0.29, 0.717) is 26.2 Å². The van der Waals surface area contributed by atoms with Crippen molar-refractivity contribution in [2.45, 2.75) is 32.9 Å². The van der Waals surface area contributed by atoms with E-state index >= 15 is 0 Å². The first-order valence-corrected chi connectivity index (χ1v) is 8.15. The summed E-state index contributed by atoms with van der Waals surface area (Å²) >= 11 is 0. The quantitative estimate of drug-likeness (QED) is 0.876. The molecule has 2 aromatic rings. The third-order valence-electron chi connectivity index (χ3n) is 3.94. The largest absolute Gasteiger partial charge is 0.486 e. The van der Waals surface area contributed by atoms with Crippen LogP contribution in [0.3, 0.4) is 0 Å². The molecule has 0 bridgehead atoms. The van der Waals surface area contributed by atoms with Crippen molar-refractivity contribution >= 4 is 5.91 Å². The Hall–Kier alpha value is -2.57. The van der Waals surface area contributed by atoms with Crippen LogP contribution in [0.1, 0.15) is 31.9 Å². The molecular weight excluding hydrogens is 308 g/mol. The minimum Gasteiger partial charge on any atom is -0.486 e. The number of hydrogen-bond donors (Lipinski definition) is 1. The van der Waals surface area contributed by atoms with Crippen LogP contribution >= 0.6 is 0 Å². The molecule has 128 valence electrons. The number of nitrogens with zero attached hydrogens (tertiary/aromatic N) is 3. The summed E-state index contributed by atoms with van der Waals surface area (Å²) < 4.78 is 12.8. The molecule has 1 aromatic carbocycles. The van der Waals surface area contributed by atoms with Crippen LogP contribution < -0.4 is 14.8 Å². The summed E-state index contributed by atoms with van der Waals surface area (Å²) in [4.78, 5) is 16.2. The van der Waals surface area contributed by atoms with Gasteiger partial charge in [0.25, 0.3) is 0 Å². The van der Waals surface area contributed by atoms with Crippen LogP contribution in [-0.2, 0) is 11.3 Å². The molecule has 1 atom stereocenters. The molecule has 1 amide bonds. The average molecular weight is 330 g/mol. The second-order valence-corrected chi connectivity index (χ2v) is 6.10. The molecule has 7 nitrogen and oxygen atoms in total. The van der Waals surface area contributed by atoms with Crippen LogP contribution in [0.5, 0.6) is 11.5 Å². The summed E-state index contributed by atoms with van der Waals surface area (Å²) in [6, 6.07) is 5.76. The summed E-state index contributed by atoms with van der Waals surface area (Å²) in [5.41, 5.74) is 1.02. The Balaban J connectivity index is 1.67. The number of fused-ring (bicyclic) bond motifs is 1. The highest BCUT2D eigenvalue weighted by Gasteiger charge is 2.21. The number of ether oxygens (including phenoxy) is 2. The smallest absolute Gasteiger partial charge is 0.222 e. The third-order valence-corrected chi connectivity index (χ3v) is 3.94. The number of amides is 1. The first-order valence-electron chi connectivity index (χ1n) is 8.15. The maximum Gasteiger partial charge on any atom is 0.222 e. The molecule has 3 rings (SSSR count). The van der Waals surface area contributed by atoms with Crippen LogP contribution in [0.2, 0.25) is 0 Å². The predicted molar refractivity (Wildman–Crippen MR) is 87.8 cm³/mol. The highest BCUT2D eigenvalue weighted by atomic mass is 16.6. The van der Waals surface area contributed by atoms with Crippen molar-refractivity contribution < 1.29 is 14.3 Å². The lowest BCUT2D eigenvalue weighted by Crippen LogP contribution is -2.32. The molecule has 0 fully saturated rings. The Morgan fingerprint density at radius 1 is 1.29 bits per heavy atom. The maximum absolute atomic E-state index is 12.3. The minimum atomic E-state index is -0.0796. The fourth-order valence-corrected chi connectivity index (χ4v) is 2.70. The first-order chi connectivity index (χ1) is 11.6. The summed E-state index contributed by atoms with van der Waals surface area (Å²) in [7, 11) is 0. The number of benzene rings is 1. The summed E-state index contributed by atoms with van der Waals surface area (Å²) in [5.74, 6) is 1.73. The molecule has 7 heteroatoms. The SMILES string of the molecule is CC(C)[C@@H](NC(=O)CCn1cncn1)c1ccc2c(c1)OCCO2. The van der Waals surface area contributed by atoms with E-state index in [1.165, 1.54) is 6.33 Å². The summed E-state index contributed by atoms with van der Waals surface area (Å²) in [6.45, 7) is 5.79. The topological polar surface area (TPSA) is 78.3 Å². The molecule has 0 unspecified atom stereocenters. The number of nitrogens with one attached hydrogen (secondary N) is 1. The molecule has 0 spiro atoms. The second kappa shape index (κ2) is 7.33. The average Bonchev–Trinajstić information content (AvgIpc) is 3.10. The Bertz CT molecular complexity index is 685. The molecule has 0 saturated heterocycles. The van der Waals surface area contributed by atoms with E-state index in [4.69, 9.17) is 9.47 Å². The number of hydrogen-bond acceptors (Lipinski definition) is 5. The van der Waals surface area contributed by atoms with Crippen molar-refractivity contribution in [3.05, 3.63) is 36.4 Å². The number of rotatable bonds is 6. The molecular formula is C17H22N4O3. The molecule has 2 heterocycles. The van der Waals surface area contributed by atoms with E-state index in [1.54, 1.807) is 11.0 Å². The van der Waals surface area contributed by atoms with E-state index in [0.717, 1.165) is 17.1 Å². The van der Waals surface area contributed by atoms with E-state index in [9.17, 15) is 4.79 Å². The Morgan fingerprint density at radius 3 is 2.79 bits per heavy atom. The van der Waals surface area contributed by atoms with Crippen molar-refractivity contribution in [3.63, 3.8) is 0 Å². The lowest BCUT2D eigenvalue weighted by atomic mass is 9.95. The van der Waals surface area contributed by atoms with Crippen LogP contribution in [0.15, 0.2) is 30.9 Å². The Labute approximate surface area is 141 Å². The molecule has 24 heavy (non-hydrogen) atoms. The number of carbonyl (C=O) groups excluding carboxylic acids is 1. The first kappa shape index (κ1) is 16.3. The van der Waals surface area contributed by atoms with Gasteiger partial charge in [-0.05, 0) is 23.6 Å². The van der Waals surface area contributed by atoms with Crippen molar-refractivity contribution in [3.8, 4) is 11.5 Å². The molecule has 0 saturated carbocycles. The maximum atomic E-state index is 12.3. The van der Waals surface area contributed by atoms with Gasteiger partial charge in [-0.3, -0.25) is 9.48 Å². The molecule has 1 aliphatic heterocycles. The van der Waals surface area contributed by atoms with Gasteiger partial charge >= 0.3 is 0 Å². The summed E-state index contributed by atoms with van der Waals surface area (Å²) in [6.07, 6.45) is 3.43. The zero-order valence-corrected chi connectivity index (χ0v) is 13.9. The van der Waals surface area contributed by atoms with Gasteiger partial charge in [-0.2, -0.15) is 5.10 Å². The fourth-order valence-electron chi connectivity index (χ4n) is 2.70. The number of carbonyl (C=O) groups is 1. The van der Waals surface area contributed by atoms with Crippen LogP contribution in [0, 0.1) is 5.92 Å². The zero-order valence-electron chi connectivity index (χ0n) is 13.9. The van der Waals surface area contributed by atoms with Gasteiger partial charge in [-0.1, -0.05) is 19.9 Å². The van der Waals surface area contributed by atoms with Gasteiger partial charge in [0.1, 0.15) is 25.9 Å². The van der Waals surface area contributed by atoms with Crippen molar-refractivity contribution in [1.82, 2.24) is 20.1 Å². The predicted octanol–water partition coefficient (Wildman–Crippen LogP) is 1.95. The van der Waals surface area contributed by atoms with Crippen molar-refractivity contribution in [2.75, 3.05) is 13.2 Å². The van der Waals surface area contributed by atoms with Crippen LogP contribution in [0.4, 0.5) is 0 Å². The van der Waals surface area contributed by atoms with Gasteiger partial charge in [-0.25, -0.2) is 4.98 Å². The van der Waals surface area contributed by atoms with Crippen molar-refractivity contribution in [2.24, 2.45) is 5.92 Å². The Kier molecular flexibility index (Phi) is 4.98. The van der Waals surface area contributed by atoms with Crippen LogP contribution in [0.25, 0.3) is 0 Å².